The van der Waals surface area contributed by atoms with E-state index in [9.17, 15) is 0 Å². The molecule has 5 heteroatoms. The second-order valence-corrected chi connectivity index (χ2v) is 5.01. The lowest BCUT2D eigenvalue weighted by Crippen LogP contribution is -2.24. The number of hydrogen-bond donors (Lipinski definition) is 2. The third kappa shape index (κ3) is 3.10. The Morgan fingerprint density at radius 3 is 2.83 bits per heavy atom. The minimum atomic E-state index is 0.502. The van der Waals surface area contributed by atoms with Gasteiger partial charge in [-0.2, -0.15) is 0 Å². The van der Waals surface area contributed by atoms with Crippen LogP contribution in [-0.4, -0.2) is 47.6 Å². The van der Waals surface area contributed by atoms with E-state index in [1.165, 1.54) is 6.42 Å². The van der Waals surface area contributed by atoms with Crippen LogP contribution in [0.3, 0.4) is 0 Å². The number of nitrogens with zero attached hydrogens (tertiary/aromatic N) is 3. The molecule has 5 nitrogen and oxygen atoms in total. The molecule has 0 bridgehead atoms. The van der Waals surface area contributed by atoms with Gasteiger partial charge in [0.2, 0.25) is 0 Å². The molecule has 0 aromatic carbocycles. The molecule has 0 radical (unpaired) electrons. The molecular weight excluding hydrogens is 226 g/mol. The molecule has 18 heavy (non-hydrogen) atoms. The quantitative estimate of drug-likeness (QED) is 0.832. The summed E-state index contributed by atoms with van der Waals surface area (Å²) in [5.41, 5.74) is 1.11. The average Bonchev–Trinajstić information content (AvgIpc) is 2.76. The summed E-state index contributed by atoms with van der Waals surface area (Å²) < 4.78 is 0. The number of likely N-dealkylation sites (N-methyl/N-ethyl adjacent to an activating group) is 1. The lowest BCUT2D eigenvalue weighted by atomic mass is 10.2. The molecule has 1 fully saturated rings. The fourth-order valence-corrected chi connectivity index (χ4v) is 2.26. The van der Waals surface area contributed by atoms with Gasteiger partial charge in [0.1, 0.15) is 18.0 Å². The monoisotopic (exact) mass is 249 g/mol. The van der Waals surface area contributed by atoms with Gasteiger partial charge in [-0.05, 0) is 33.4 Å². The molecule has 1 aliphatic heterocycles. The maximum absolute atomic E-state index is 4.35. The van der Waals surface area contributed by atoms with Crippen LogP contribution in [0.5, 0.6) is 0 Å². The van der Waals surface area contributed by atoms with E-state index in [1.54, 1.807) is 6.33 Å². The largest absolute Gasteiger partial charge is 0.370 e. The number of nitrogens with one attached hydrogen (secondary N) is 2. The Morgan fingerprint density at radius 2 is 2.17 bits per heavy atom. The Labute approximate surface area is 109 Å². The van der Waals surface area contributed by atoms with Gasteiger partial charge in [0.25, 0.3) is 0 Å². The molecule has 2 heterocycles. The van der Waals surface area contributed by atoms with Gasteiger partial charge in [-0.3, -0.25) is 0 Å². The molecule has 1 saturated heterocycles. The minimum Gasteiger partial charge on any atom is -0.370 e. The molecule has 0 aliphatic carbocycles. The first-order valence-electron chi connectivity index (χ1n) is 6.71. The van der Waals surface area contributed by atoms with Crippen LogP contribution in [0.1, 0.15) is 25.3 Å². The highest BCUT2D eigenvalue weighted by atomic mass is 15.2. The zero-order valence-corrected chi connectivity index (χ0v) is 11.5. The Morgan fingerprint density at radius 1 is 1.39 bits per heavy atom. The van der Waals surface area contributed by atoms with Gasteiger partial charge in [0.15, 0.2) is 0 Å². The normalized spacial score (nSPS) is 20.1. The van der Waals surface area contributed by atoms with Gasteiger partial charge in [0, 0.05) is 24.7 Å². The number of likely N-dealkylation sites (tertiary alicyclic amines) is 1. The summed E-state index contributed by atoms with van der Waals surface area (Å²) in [4.78, 5) is 11.0. The molecule has 1 aromatic rings. The first kappa shape index (κ1) is 13.1. The van der Waals surface area contributed by atoms with Crippen LogP contribution in [0, 0.1) is 6.92 Å². The first-order valence-corrected chi connectivity index (χ1v) is 6.71. The van der Waals surface area contributed by atoms with Crippen molar-refractivity contribution in [1.29, 1.82) is 0 Å². The molecule has 1 aliphatic rings. The van der Waals surface area contributed by atoms with E-state index < -0.39 is 0 Å². The molecule has 1 aromatic heterocycles. The Bertz CT molecular complexity index is 393. The Balaban J connectivity index is 2.03. The van der Waals surface area contributed by atoms with E-state index in [-0.39, 0.29) is 0 Å². The van der Waals surface area contributed by atoms with Crippen molar-refractivity contribution in [2.24, 2.45) is 0 Å². The maximum atomic E-state index is 4.35. The van der Waals surface area contributed by atoms with Gasteiger partial charge < -0.3 is 15.5 Å². The van der Waals surface area contributed by atoms with Crippen LogP contribution in [0.15, 0.2) is 6.33 Å². The maximum Gasteiger partial charge on any atom is 0.134 e. The van der Waals surface area contributed by atoms with Crippen LogP contribution < -0.4 is 10.6 Å². The van der Waals surface area contributed by atoms with E-state index in [0.29, 0.717) is 6.04 Å². The van der Waals surface area contributed by atoms with Gasteiger partial charge in [-0.1, -0.05) is 6.92 Å². The van der Waals surface area contributed by atoms with Crippen LogP contribution in [0.4, 0.5) is 11.6 Å². The van der Waals surface area contributed by atoms with Gasteiger partial charge in [0.05, 0.1) is 0 Å². The zero-order valence-electron chi connectivity index (χ0n) is 11.5. The summed E-state index contributed by atoms with van der Waals surface area (Å²) in [7, 11) is 2.16. The van der Waals surface area contributed by atoms with Crippen LogP contribution in [0.25, 0.3) is 0 Å². The first-order chi connectivity index (χ1) is 8.70. The fourth-order valence-electron chi connectivity index (χ4n) is 2.26. The molecule has 2 N–H and O–H groups in total. The predicted molar refractivity (Wildman–Crippen MR) is 75.1 cm³/mol. The summed E-state index contributed by atoms with van der Waals surface area (Å²) in [6, 6.07) is 0.502. The van der Waals surface area contributed by atoms with Crippen molar-refractivity contribution >= 4 is 11.6 Å². The Kier molecular flexibility index (Phi) is 4.36. The molecule has 1 unspecified atom stereocenters. The van der Waals surface area contributed by atoms with Crippen molar-refractivity contribution in [2.75, 3.05) is 37.3 Å². The van der Waals surface area contributed by atoms with E-state index in [1.807, 2.05) is 0 Å². The van der Waals surface area contributed by atoms with Gasteiger partial charge >= 0.3 is 0 Å². The smallest absolute Gasteiger partial charge is 0.134 e. The lowest BCUT2D eigenvalue weighted by Gasteiger charge is -2.16. The van der Waals surface area contributed by atoms with E-state index in [0.717, 1.165) is 43.3 Å². The molecule has 2 rings (SSSR count). The SMILES string of the molecule is CCCNc1ncnc(NC2CCN(C)C2)c1C. The van der Waals surface area contributed by atoms with Crippen LogP contribution in [0.2, 0.25) is 0 Å². The highest BCUT2D eigenvalue weighted by molar-refractivity contribution is 5.56. The predicted octanol–water partition coefficient (Wildman–Crippen LogP) is 1.72. The van der Waals surface area contributed by atoms with Gasteiger partial charge in [-0.15, -0.1) is 0 Å². The van der Waals surface area contributed by atoms with Crippen molar-refractivity contribution in [3.05, 3.63) is 11.9 Å². The van der Waals surface area contributed by atoms with E-state index in [4.69, 9.17) is 0 Å². The van der Waals surface area contributed by atoms with Crippen molar-refractivity contribution in [2.45, 2.75) is 32.7 Å². The zero-order chi connectivity index (χ0) is 13.0. The molecule has 0 spiro atoms. The fraction of sp³-hybridized carbons (Fsp3) is 0.692. The topological polar surface area (TPSA) is 53.1 Å². The second kappa shape index (κ2) is 6.00. The minimum absolute atomic E-state index is 0.502. The number of anilines is 2. The van der Waals surface area contributed by atoms with Crippen molar-refractivity contribution in [1.82, 2.24) is 14.9 Å². The molecule has 100 valence electrons. The molecule has 0 saturated carbocycles. The van der Waals surface area contributed by atoms with Crippen molar-refractivity contribution < 1.29 is 0 Å². The number of rotatable bonds is 5. The summed E-state index contributed by atoms with van der Waals surface area (Å²) in [6.45, 7) is 7.41. The average molecular weight is 249 g/mol. The summed E-state index contributed by atoms with van der Waals surface area (Å²) >= 11 is 0. The highest BCUT2D eigenvalue weighted by Gasteiger charge is 2.20. The summed E-state index contributed by atoms with van der Waals surface area (Å²) in [5, 5.41) is 6.86. The third-order valence-electron chi connectivity index (χ3n) is 3.36. The molecule has 0 amide bonds. The number of aromatic nitrogens is 2. The van der Waals surface area contributed by atoms with Crippen molar-refractivity contribution in [3.63, 3.8) is 0 Å². The van der Waals surface area contributed by atoms with Crippen molar-refractivity contribution in [3.8, 4) is 0 Å². The summed E-state index contributed by atoms with van der Waals surface area (Å²) in [5.74, 6) is 1.91. The Hall–Kier alpha value is -1.36. The number of hydrogen-bond acceptors (Lipinski definition) is 5. The highest BCUT2D eigenvalue weighted by Crippen LogP contribution is 2.20. The molecule has 1 atom stereocenters. The van der Waals surface area contributed by atoms with Crippen LogP contribution >= 0.6 is 0 Å². The second-order valence-electron chi connectivity index (χ2n) is 5.01. The molecular formula is C13H23N5. The third-order valence-corrected chi connectivity index (χ3v) is 3.36. The standard InChI is InChI=1S/C13H23N5/c1-4-6-14-12-10(2)13(16-9-15-12)17-11-5-7-18(3)8-11/h9,11H,4-8H2,1-3H3,(H2,14,15,16,17). The summed E-state index contributed by atoms with van der Waals surface area (Å²) in [6.07, 6.45) is 3.91. The lowest BCUT2D eigenvalue weighted by molar-refractivity contribution is 0.414. The van der Waals surface area contributed by atoms with E-state index in [2.05, 4.69) is 46.4 Å². The van der Waals surface area contributed by atoms with E-state index >= 15 is 0 Å². The van der Waals surface area contributed by atoms with Gasteiger partial charge in [-0.25, -0.2) is 9.97 Å². The van der Waals surface area contributed by atoms with Crippen LogP contribution in [-0.2, 0) is 0 Å².